The first-order valence-electron chi connectivity index (χ1n) is 6.94. The molecule has 2 N–H and O–H groups in total. The van der Waals surface area contributed by atoms with Crippen LogP contribution in [-0.4, -0.2) is 27.1 Å². The summed E-state index contributed by atoms with van der Waals surface area (Å²) >= 11 is 0. The Balaban J connectivity index is 2.19. The van der Waals surface area contributed by atoms with Gasteiger partial charge in [-0.1, -0.05) is 44.2 Å². The van der Waals surface area contributed by atoms with E-state index in [1.807, 2.05) is 44.2 Å². The van der Waals surface area contributed by atoms with Gasteiger partial charge >= 0.3 is 5.97 Å². The summed E-state index contributed by atoms with van der Waals surface area (Å²) in [5.74, 6) is 0.517. The smallest absolute Gasteiger partial charge is 0.326 e. The van der Waals surface area contributed by atoms with E-state index in [1.165, 1.54) is 0 Å². The van der Waals surface area contributed by atoms with E-state index in [4.69, 9.17) is 0 Å². The fourth-order valence-corrected chi connectivity index (χ4v) is 2.04. The van der Waals surface area contributed by atoms with Gasteiger partial charge in [0, 0.05) is 11.8 Å². The molecule has 0 radical (unpaired) electrons. The maximum Gasteiger partial charge on any atom is 0.326 e. The Hall–Kier alpha value is -2.43. The zero-order valence-electron chi connectivity index (χ0n) is 12.2. The highest BCUT2D eigenvalue weighted by Gasteiger charge is 2.19. The van der Waals surface area contributed by atoms with Crippen molar-refractivity contribution in [3.05, 3.63) is 42.6 Å². The second kappa shape index (κ2) is 6.83. The first-order valence-corrected chi connectivity index (χ1v) is 6.94. The first kappa shape index (κ1) is 15.0. The minimum absolute atomic E-state index is 0.286. The predicted molar refractivity (Wildman–Crippen MR) is 82.0 cm³/mol. The summed E-state index contributed by atoms with van der Waals surface area (Å²) in [7, 11) is 0. The molecule has 0 aliphatic carbocycles. The minimum atomic E-state index is -0.872. The Bertz CT molecular complexity index is 599. The lowest BCUT2D eigenvalue weighted by Crippen LogP contribution is -2.31. The van der Waals surface area contributed by atoms with Crippen LogP contribution in [0.3, 0.4) is 0 Å². The molecule has 2 aromatic rings. The summed E-state index contributed by atoms with van der Waals surface area (Å²) in [4.78, 5) is 19.9. The third-order valence-corrected chi connectivity index (χ3v) is 3.01. The number of hydrogen-bond acceptors (Lipinski definition) is 4. The number of hydrogen-bond donors (Lipinski definition) is 2. The molecule has 0 fully saturated rings. The van der Waals surface area contributed by atoms with E-state index in [-0.39, 0.29) is 5.92 Å². The average molecular weight is 285 g/mol. The van der Waals surface area contributed by atoms with Crippen LogP contribution < -0.4 is 5.32 Å². The summed E-state index contributed by atoms with van der Waals surface area (Å²) in [6.07, 6.45) is 2.17. The lowest BCUT2D eigenvalue weighted by Gasteiger charge is -2.17. The third-order valence-electron chi connectivity index (χ3n) is 3.01. The molecule has 0 amide bonds. The van der Waals surface area contributed by atoms with Crippen LogP contribution in [0.15, 0.2) is 42.6 Å². The van der Waals surface area contributed by atoms with Crippen molar-refractivity contribution in [1.82, 2.24) is 9.97 Å². The van der Waals surface area contributed by atoms with E-state index in [2.05, 4.69) is 15.3 Å². The summed E-state index contributed by atoms with van der Waals surface area (Å²) in [5, 5.41) is 12.2. The molecular formula is C16H19N3O2. The largest absolute Gasteiger partial charge is 0.480 e. The molecule has 0 aliphatic heterocycles. The monoisotopic (exact) mass is 285 g/mol. The average Bonchev–Trinajstić information content (AvgIpc) is 2.47. The molecule has 5 heteroatoms. The van der Waals surface area contributed by atoms with Crippen molar-refractivity contribution in [2.45, 2.75) is 26.3 Å². The van der Waals surface area contributed by atoms with Crippen LogP contribution in [0.1, 0.15) is 20.3 Å². The van der Waals surface area contributed by atoms with Crippen molar-refractivity contribution >= 4 is 11.8 Å². The normalized spacial score (nSPS) is 12.1. The number of carbonyl (C=O) groups is 1. The van der Waals surface area contributed by atoms with Crippen molar-refractivity contribution in [2.75, 3.05) is 5.32 Å². The predicted octanol–water partition coefficient (Wildman–Crippen LogP) is 3.05. The van der Waals surface area contributed by atoms with E-state index in [0.717, 1.165) is 5.56 Å². The summed E-state index contributed by atoms with van der Waals surface area (Å²) in [6.45, 7) is 3.99. The first-order chi connectivity index (χ1) is 10.1. The van der Waals surface area contributed by atoms with E-state index in [1.54, 1.807) is 12.3 Å². The molecule has 21 heavy (non-hydrogen) atoms. The van der Waals surface area contributed by atoms with Gasteiger partial charge in [0.1, 0.15) is 11.9 Å². The van der Waals surface area contributed by atoms with Gasteiger partial charge in [0.15, 0.2) is 5.82 Å². The van der Waals surface area contributed by atoms with E-state index in [9.17, 15) is 9.90 Å². The number of benzene rings is 1. The zero-order valence-corrected chi connectivity index (χ0v) is 12.2. The fourth-order valence-electron chi connectivity index (χ4n) is 2.04. The van der Waals surface area contributed by atoms with Crippen molar-refractivity contribution < 1.29 is 9.90 Å². The summed E-state index contributed by atoms with van der Waals surface area (Å²) < 4.78 is 0. The lowest BCUT2D eigenvalue weighted by atomic mass is 10.0. The zero-order chi connectivity index (χ0) is 15.2. The molecule has 0 saturated heterocycles. The Morgan fingerprint density at radius 2 is 1.95 bits per heavy atom. The quantitative estimate of drug-likeness (QED) is 0.853. The maximum atomic E-state index is 11.3. The van der Waals surface area contributed by atoms with Gasteiger partial charge < -0.3 is 10.4 Å². The molecular weight excluding hydrogens is 266 g/mol. The van der Waals surface area contributed by atoms with Gasteiger partial charge in [-0.25, -0.2) is 14.8 Å². The van der Waals surface area contributed by atoms with Gasteiger partial charge in [-0.05, 0) is 18.4 Å². The van der Waals surface area contributed by atoms with Crippen molar-refractivity contribution in [1.29, 1.82) is 0 Å². The van der Waals surface area contributed by atoms with E-state index in [0.29, 0.717) is 18.1 Å². The third kappa shape index (κ3) is 4.27. The molecule has 1 heterocycles. The maximum absolute atomic E-state index is 11.3. The minimum Gasteiger partial charge on any atom is -0.480 e. The molecule has 0 aliphatic rings. The molecule has 1 atom stereocenters. The Morgan fingerprint density at radius 1 is 1.24 bits per heavy atom. The topological polar surface area (TPSA) is 75.1 Å². The van der Waals surface area contributed by atoms with Gasteiger partial charge in [-0.2, -0.15) is 0 Å². The molecule has 0 spiro atoms. The van der Waals surface area contributed by atoms with Gasteiger partial charge in [-0.3, -0.25) is 0 Å². The highest BCUT2D eigenvalue weighted by atomic mass is 16.4. The Morgan fingerprint density at radius 3 is 2.57 bits per heavy atom. The van der Waals surface area contributed by atoms with Crippen molar-refractivity contribution in [3.8, 4) is 11.4 Å². The lowest BCUT2D eigenvalue weighted by molar-refractivity contribution is -0.138. The van der Waals surface area contributed by atoms with Gasteiger partial charge in [0.25, 0.3) is 0 Å². The van der Waals surface area contributed by atoms with Crippen LogP contribution in [0.4, 0.5) is 5.82 Å². The van der Waals surface area contributed by atoms with Crippen molar-refractivity contribution in [3.63, 3.8) is 0 Å². The van der Waals surface area contributed by atoms with Gasteiger partial charge in [0.2, 0.25) is 0 Å². The number of rotatable bonds is 6. The highest BCUT2D eigenvalue weighted by molar-refractivity contribution is 5.77. The second-order valence-corrected chi connectivity index (χ2v) is 5.30. The Kier molecular flexibility index (Phi) is 4.87. The van der Waals surface area contributed by atoms with Crippen LogP contribution >= 0.6 is 0 Å². The van der Waals surface area contributed by atoms with Gasteiger partial charge in [0.05, 0.1) is 0 Å². The molecule has 1 aromatic heterocycles. The highest BCUT2D eigenvalue weighted by Crippen LogP contribution is 2.17. The number of nitrogens with one attached hydrogen (secondary N) is 1. The van der Waals surface area contributed by atoms with Crippen LogP contribution in [0, 0.1) is 5.92 Å². The van der Waals surface area contributed by atoms with E-state index >= 15 is 0 Å². The Labute approximate surface area is 124 Å². The van der Waals surface area contributed by atoms with Crippen LogP contribution in [0.25, 0.3) is 11.4 Å². The number of nitrogens with zero attached hydrogens (tertiary/aromatic N) is 2. The van der Waals surface area contributed by atoms with Crippen LogP contribution in [-0.2, 0) is 4.79 Å². The molecule has 5 nitrogen and oxygen atoms in total. The second-order valence-electron chi connectivity index (χ2n) is 5.30. The van der Waals surface area contributed by atoms with E-state index < -0.39 is 12.0 Å². The number of carboxylic acids is 1. The molecule has 2 rings (SSSR count). The van der Waals surface area contributed by atoms with Crippen LogP contribution in [0.2, 0.25) is 0 Å². The number of aromatic nitrogens is 2. The summed E-state index contributed by atoms with van der Waals surface area (Å²) in [5.41, 5.74) is 0.900. The number of carboxylic acid groups (broad SMARTS) is 1. The summed E-state index contributed by atoms with van der Waals surface area (Å²) in [6, 6.07) is 10.6. The van der Waals surface area contributed by atoms with Crippen molar-refractivity contribution in [2.24, 2.45) is 5.92 Å². The van der Waals surface area contributed by atoms with Gasteiger partial charge in [-0.15, -0.1) is 0 Å². The van der Waals surface area contributed by atoms with Crippen LogP contribution in [0.5, 0.6) is 0 Å². The molecule has 110 valence electrons. The SMILES string of the molecule is CC(C)CC(Nc1ccnc(-c2ccccc2)n1)C(=O)O. The standard InChI is InChI=1S/C16H19N3O2/c1-11(2)10-13(16(20)21)18-14-8-9-17-15(19-14)12-6-4-3-5-7-12/h3-9,11,13H,10H2,1-2H3,(H,20,21)(H,17,18,19). The molecule has 0 bridgehead atoms. The fraction of sp³-hybridized carbons (Fsp3) is 0.312. The molecule has 1 unspecified atom stereocenters. The molecule has 0 saturated carbocycles. The molecule has 1 aromatic carbocycles. The number of anilines is 1. The number of aliphatic carboxylic acids is 1.